The number of nitrogens with zero attached hydrogens (tertiary/aromatic N) is 3. The van der Waals surface area contributed by atoms with Crippen LogP contribution in [0.25, 0.3) is 98.6 Å². The van der Waals surface area contributed by atoms with Crippen molar-refractivity contribution in [2.75, 3.05) is 0 Å². The molecule has 0 unspecified atom stereocenters. The van der Waals surface area contributed by atoms with Crippen LogP contribution in [0.5, 0.6) is 0 Å². The van der Waals surface area contributed by atoms with E-state index in [4.69, 9.17) is 9.97 Å². The third-order valence-electron chi connectivity index (χ3n) is 10.2. The van der Waals surface area contributed by atoms with Gasteiger partial charge in [-0.2, -0.15) is 0 Å². The van der Waals surface area contributed by atoms with Crippen LogP contribution in [-0.2, 0) is 0 Å². The van der Waals surface area contributed by atoms with E-state index >= 15 is 0 Å². The summed E-state index contributed by atoms with van der Waals surface area (Å²) in [5.41, 5.74) is 13.9. The smallest absolute Gasteiger partial charge is 0.160 e. The van der Waals surface area contributed by atoms with Crippen molar-refractivity contribution in [1.29, 1.82) is 0 Å². The van der Waals surface area contributed by atoms with Gasteiger partial charge in [-0.05, 0) is 99.1 Å². The molecule has 55 heavy (non-hydrogen) atoms. The standard InChI is InChI=1S/C51H33N3S/c1-3-11-34(12-4-1)35-19-21-36(22-20-35)40-29-41(39-23-24-50-46(32-39)45-17-9-10-18-49(45)55-50)31-42(30-40)47-33-48(54-51(53-47)38-13-5-2-6-14-38)44-16-8-7-15-43(44)37-25-27-52-28-26-37/h1-33H. The van der Waals surface area contributed by atoms with Gasteiger partial charge in [0.05, 0.1) is 11.4 Å². The van der Waals surface area contributed by atoms with Crippen molar-refractivity contribution < 1.29 is 0 Å². The number of aromatic nitrogens is 3. The molecule has 0 radical (unpaired) electrons. The summed E-state index contributed by atoms with van der Waals surface area (Å²) in [6.45, 7) is 0. The minimum Gasteiger partial charge on any atom is -0.265 e. The first kappa shape index (κ1) is 32.6. The number of rotatable bonds is 7. The molecule has 0 spiro atoms. The molecule has 0 saturated carbocycles. The van der Waals surface area contributed by atoms with Crippen molar-refractivity contribution in [2.45, 2.75) is 0 Å². The first-order valence-electron chi connectivity index (χ1n) is 18.4. The molecule has 0 N–H and O–H groups in total. The van der Waals surface area contributed by atoms with Crippen LogP contribution in [0.3, 0.4) is 0 Å². The van der Waals surface area contributed by atoms with Crippen LogP contribution < -0.4 is 0 Å². The Morgan fingerprint density at radius 2 is 0.855 bits per heavy atom. The van der Waals surface area contributed by atoms with Crippen molar-refractivity contribution in [3.63, 3.8) is 0 Å². The Hall–Kier alpha value is -7.01. The largest absolute Gasteiger partial charge is 0.265 e. The zero-order valence-electron chi connectivity index (χ0n) is 29.8. The third-order valence-corrected chi connectivity index (χ3v) is 11.4. The van der Waals surface area contributed by atoms with Crippen LogP contribution in [0.1, 0.15) is 0 Å². The van der Waals surface area contributed by atoms with Crippen molar-refractivity contribution in [2.24, 2.45) is 0 Å². The van der Waals surface area contributed by atoms with Crippen LogP contribution >= 0.6 is 11.3 Å². The highest BCUT2D eigenvalue weighted by atomic mass is 32.1. The van der Waals surface area contributed by atoms with Gasteiger partial charge in [-0.1, -0.05) is 133 Å². The van der Waals surface area contributed by atoms with E-state index in [9.17, 15) is 0 Å². The van der Waals surface area contributed by atoms with Gasteiger partial charge in [-0.3, -0.25) is 4.98 Å². The molecule has 4 heteroatoms. The summed E-state index contributed by atoms with van der Waals surface area (Å²) < 4.78 is 2.59. The van der Waals surface area contributed by atoms with Crippen molar-refractivity contribution >= 4 is 31.5 Å². The minimum atomic E-state index is 0.683. The average Bonchev–Trinajstić information content (AvgIpc) is 3.65. The molecule has 7 aromatic carbocycles. The Morgan fingerprint density at radius 1 is 0.309 bits per heavy atom. The highest BCUT2D eigenvalue weighted by Gasteiger charge is 2.17. The summed E-state index contributed by atoms with van der Waals surface area (Å²) in [5, 5.41) is 2.57. The van der Waals surface area contributed by atoms with Gasteiger partial charge in [-0.25, -0.2) is 9.97 Å². The first-order valence-corrected chi connectivity index (χ1v) is 19.2. The number of benzene rings is 7. The van der Waals surface area contributed by atoms with Gasteiger partial charge >= 0.3 is 0 Å². The van der Waals surface area contributed by atoms with E-state index in [-0.39, 0.29) is 0 Å². The molecule has 0 fully saturated rings. The van der Waals surface area contributed by atoms with Crippen molar-refractivity contribution in [1.82, 2.24) is 15.0 Å². The van der Waals surface area contributed by atoms with Gasteiger partial charge in [0.2, 0.25) is 0 Å². The fourth-order valence-corrected chi connectivity index (χ4v) is 8.53. The molecule has 0 atom stereocenters. The van der Waals surface area contributed by atoms with E-state index in [0.29, 0.717) is 5.82 Å². The van der Waals surface area contributed by atoms with E-state index in [1.54, 1.807) is 0 Å². The molecule has 10 rings (SSSR count). The summed E-state index contributed by atoms with van der Waals surface area (Å²) in [4.78, 5) is 14.8. The minimum absolute atomic E-state index is 0.683. The molecule has 3 heterocycles. The monoisotopic (exact) mass is 719 g/mol. The topological polar surface area (TPSA) is 38.7 Å². The molecule has 0 aliphatic carbocycles. The van der Waals surface area contributed by atoms with Crippen molar-refractivity contribution in [3.8, 4) is 78.4 Å². The predicted octanol–water partition coefficient (Wildman–Crippen LogP) is 13.9. The van der Waals surface area contributed by atoms with Gasteiger partial charge < -0.3 is 0 Å². The first-order chi connectivity index (χ1) is 27.2. The summed E-state index contributed by atoms with van der Waals surface area (Å²) in [5.74, 6) is 0.683. The maximum atomic E-state index is 5.29. The van der Waals surface area contributed by atoms with E-state index in [1.807, 2.05) is 54.1 Å². The van der Waals surface area contributed by atoms with Crippen LogP contribution in [-0.4, -0.2) is 15.0 Å². The van der Waals surface area contributed by atoms with Gasteiger partial charge in [0.1, 0.15) is 0 Å². The second kappa shape index (κ2) is 14.1. The van der Waals surface area contributed by atoms with Crippen molar-refractivity contribution in [3.05, 3.63) is 200 Å². The lowest BCUT2D eigenvalue weighted by Gasteiger charge is -2.15. The zero-order chi connectivity index (χ0) is 36.6. The highest BCUT2D eigenvalue weighted by molar-refractivity contribution is 7.25. The normalized spacial score (nSPS) is 11.3. The summed E-state index contributed by atoms with van der Waals surface area (Å²) >= 11 is 1.84. The lowest BCUT2D eigenvalue weighted by Crippen LogP contribution is -1.97. The SMILES string of the molecule is c1ccc(-c2ccc(-c3cc(-c4ccc5sc6ccccc6c5c4)cc(-c4cc(-c5ccccc5-c5ccncc5)nc(-c5ccccc5)n4)c3)cc2)cc1. The molecule has 258 valence electrons. The third kappa shape index (κ3) is 6.39. The summed E-state index contributed by atoms with van der Waals surface area (Å²) in [6.07, 6.45) is 3.67. The van der Waals surface area contributed by atoms with Gasteiger partial charge in [0.15, 0.2) is 5.82 Å². The van der Waals surface area contributed by atoms with Crippen LogP contribution in [0, 0.1) is 0 Å². The van der Waals surface area contributed by atoms with E-state index in [1.165, 1.54) is 36.9 Å². The molecule has 0 aliphatic rings. The predicted molar refractivity (Wildman–Crippen MR) is 231 cm³/mol. The number of hydrogen-bond donors (Lipinski definition) is 0. The van der Waals surface area contributed by atoms with Gasteiger partial charge in [-0.15, -0.1) is 11.3 Å². The summed E-state index contributed by atoms with van der Waals surface area (Å²) in [6, 6.07) is 66.8. The highest BCUT2D eigenvalue weighted by Crippen LogP contribution is 2.40. The molecule has 10 aromatic rings. The molecule has 0 bridgehead atoms. The zero-order valence-corrected chi connectivity index (χ0v) is 30.6. The van der Waals surface area contributed by atoms with Crippen LogP contribution in [0.15, 0.2) is 200 Å². The maximum absolute atomic E-state index is 5.29. The maximum Gasteiger partial charge on any atom is 0.160 e. The number of fused-ring (bicyclic) bond motifs is 3. The molecule has 0 aliphatic heterocycles. The molecule has 3 nitrogen and oxygen atoms in total. The summed E-state index contributed by atoms with van der Waals surface area (Å²) in [7, 11) is 0. The van der Waals surface area contributed by atoms with Crippen LogP contribution in [0.2, 0.25) is 0 Å². The van der Waals surface area contributed by atoms with E-state index < -0.39 is 0 Å². The van der Waals surface area contributed by atoms with E-state index in [2.05, 4.69) is 163 Å². The Morgan fingerprint density at radius 3 is 1.62 bits per heavy atom. The number of thiophene rings is 1. The lowest BCUT2D eigenvalue weighted by molar-refractivity contribution is 1.18. The van der Waals surface area contributed by atoms with Gasteiger partial charge in [0.25, 0.3) is 0 Å². The van der Waals surface area contributed by atoms with Crippen LogP contribution in [0.4, 0.5) is 0 Å². The fraction of sp³-hybridized carbons (Fsp3) is 0. The van der Waals surface area contributed by atoms with E-state index in [0.717, 1.165) is 55.9 Å². The quantitative estimate of drug-likeness (QED) is 0.165. The second-order valence-corrected chi connectivity index (χ2v) is 14.7. The number of pyridine rings is 1. The molecule has 3 aromatic heterocycles. The molecule has 0 amide bonds. The lowest BCUT2D eigenvalue weighted by atomic mass is 9.92. The van der Waals surface area contributed by atoms with Gasteiger partial charge in [0, 0.05) is 49.3 Å². The Kier molecular flexibility index (Phi) is 8.36. The molecule has 0 saturated heterocycles. The molecular formula is C51H33N3S. The Balaban J connectivity index is 1.18. The molecular weight excluding hydrogens is 687 g/mol. The Labute approximate surface area is 323 Å². The Bertz CT molecular complexity index is 2950. The second-order valence-electron chi connectivity index (χ2n) is 13.7. The number of hydrogen-bond acceptors (Lipinski definition) is 4. The average molecular weight is 720 g/mol. The fourth-order valence-electron chi connectivity index (χ4n) is 7.44.